The maximum absolute atomic E-state index is 8.74. The summed E-state index contributed by atoms with van der Waals surface area (Å²) in [7, 11) is 3.50. The van der Waals surface area contributed by atoms with Gasteiger partial charge in [0.2, 0.25) is 0 Å². The quantitative estimate of drug-likeness (QED) is 0.507. The molecule has 0 unspecified atom stereocenters. The molecule has 0 bridgehead atoms. The zero-order valence-electron chi connectivity index (χ0n) is 7.57. The lowest BCUT2D eigenvalue weighted by atomic mass is 10.2. The Morgan fingerprint density at radius 2 is 2.31 bits per heavy atom. The van der Waals surface area contributed by atoms with E-state index in [0.29, 0.717) is 11.3 Å². The molecule has 0 aliphatic heterocycles. The van der Waals surface area contributed by atoms with Crippen molar-refractivity contribution in [2.24, 2.45) is 0 Å². The van der Waals surface area contributed by atoms with Crippen molar-refractivity contribution in [3.8, 4) is 6.07 Å². The van der Waals surface area contributed by atoms with Crippen LogP contribution in [0, 0.1) is 16.7 Å². The summed E-state index contributed by atoms with van der Waals surface area (Å²) < 4.78 is 0. The van der Waals surface area contributed by atoms with E-state index in [0.717, 1.165) is 0 Å². The molecule has 1 rings (SSSR count). The van der Waals surface area contributed by atoms with Crippen LogP contribution in [0.1, 0.15) is 11.3 Å². The van der Waals surface area contributed by atoms with E-state index in [9.17, 15) is 0 Å². The Kier molecular flexibility index (Phi) is 2.60. The van der Waals surface area contributed by atoms with E-state index in [1.54, 1.807) is 37.3 Å². The Hall–Kier alpha value is -1.89. The van der Waals surface area contributed by atoms with Gasteiger partial charge in [0.05, 0.1) is 5.56 Å². The average Bonchev–Trinajstić information content (AvgIpc) is 2.16. The first-order chi connectivity index (χ1) is 6.16. The maximum Gasteiger partial charge on any atom is 0.147 e. The summed E-state index contributed by atoms with van der Waals surface area (Å²) in [5, 5.41) is 16.4. The van der Waals surface area contributed by atoms with Crippen LogP contribution in [0.25, 0.3) is 0 Å². The van der Waals surface area contributed by atoms with Crippen molar-refractivity contribution >= 4 is 5.84 Å². The molecule has 0 saturated carbocycles. The molecule has 13 heavy (non-hydrogen) atoms. The maximum atomic E-state index is 8.74. The van der Waals surface area contributed by atoms with E-state index in [1.165, 1.54) is 0 Å². The van der Waals surface area contributed by atoms with Crippen molar-refractivity contribution in [1.82, 2.24) is 9.88 Å². The fraction of sp³-hybridized carbons (Fsp3) is 0.222. The fourth-order valence-corrected chi connectivity index (χ4v) is 0.896. The second-order valence-electron chi connectivity index (χ2n) is 2.75. The summed E-state index contributed by atoms with van der Waals surface area (Å²) >= 11 is 0. The highest BCUT2D eigenvalue weighted by Gasteiger charge is 2.09. The van der Waals surface area contributed by atoms with Crippen molar-refractivity contribution in [2.45, 2.75) is 0 Å². The van der Waals surface area contributed by atoms with Crippen molar-refractivity contribution in [3.05, 3.63) is 29.6 Å². The molecular formula is C9H10N4. The summed E-state index contributed by atoms with van der Waals surface area (Å²) in [6.45, 7) is 0. The standard InChI is InChI=1S/C9H10N4/c1-13(2)9(11)8-7(6-10)4-3-5-12-8/h3-5,11H,1-2H3. The van der Waals surface area contributed by atoms with Crippen molar-refractivity contribution < 1.29 is 0 Å². The van der Waals surface area contributed by atoms with Crippen LogP contribution in [0.2, 0.25) is 0 Å². The van der Waals surface area contributed by atoms with E-state index in [4.69, 9.17) is 10.7 Å². The lowest BCUT2D eigenvalue weighted by molar-refractivity contribution is 0.616. The minimum atomic E-state index is 0.247. The number of nitrogens with zero attached hydrogens (tertiary/aromatic N) is 3. The molecule has 0 spiro atoms. The topological polar surface area (TPSA) is 63.8 Å². The molecule has 0 aliphatic carbocycles. The van der Waals surface area contributed by atoms with Gasteiger partial charge in [-0.15, -0.1) is 0 Å². The summed E-state index contributed by atoms with van der Waals surface area (Å²) in [4.78, 5) is 5.60. The molecule has 0 fully saturated rings. The third kappa shape index (κ3) is 1.82. The predicted octanol–water partition coefficient (Wildman–Crippen LogP) is 0.840. The molecule has 0 amide bonds. The van der Waals surface area contributed by atoms with Gasteiger partial charge in [-0.05, 0) is 12.1 Å². The largest absolute Gasteiger partial charge is 0.361 e. The van der Waals surface area contributed by atoms with E-state index < -0.39 is 0 Å². The molecule has 4 nitrogen and oxygen atoms in total. The SMILES string of the molecule is CN(C)C(=N)c1ncccc1C#N. The smallest absolute Gasteiger partial charge is 0.147 e. The number of amidine groups is 1. The van der Waals surface area contributed by atoms with E-state index >= 15 is 0 Å². The minimum Gasteiger partial charge on any atom is -0.361 e. The Balaban J connectivity index is 3.15. The zero-order chi connectivity index (χ0) is 9.84. The Morgan fingerprint density at radius 1 is 1.62 bits per heavy atom. The van der Waals surface area contributed by atoms with Crippen molar-refractivity contribution in [1.29, 1.82) is 10.7 Å². The Labute approximate surface area is 76.9 Å². The van der Waals surface area contributed by atoms with Crippen LogP contribution in [0.3, 0.4) is 0 Å². The van der Waals surface area contributed by atoms with Crippen LogP contribution in [-0.2, 0) is 0 Å². The van der Waals surface area contributed by atoms with Crippen molar-refractivity contribution in [3.63, 3.8) is 0 Å². The number of aromatic nitrogens is 1. The summed E-state index contributed by atoms with van der Waals surface area (Å²) in [6.07, 6.45) is 1.58. The van der Waals surface area contributed by atoms with Gasteiger partial charge in [0.1, 0.15) is 17.6 Å². The third-order valence-electron chi connectivity index (χ3n) is 1.60. The molecule has 66 valence electrons. The first kappa shape index (κ1) is 9.20. The summed E-state index contributed by atoms with van der Waals surface area (Å²) in [6, 6.07) is 5.34. The number of rotatable bonds is 1. The highest BCUT2D eigenvalue weighted by atomic mass is 15.1. The van der Waals surface area contributed by atoms with Crippen LogP contribution in [-0.4, -0.2) is 29.8 Å². The van der Waals surface area contributed by atoms with Gasteiger partial charge in [-0.2, -0.15) is 5.26 Å². The van der Waals surface area contributed by atoms with Crippen LogP contribution >= 0.6 is 0 Å². The molecule has 1 heterocycles. The van der Waals surface area contributed by atoms with Crippen LogP contribution in [0.15, 0.2) is 18.3 Å². The highest BCUT2D eigenvalue weighted by Crippen LogP contribution is 2.05. The van der Waals surface area contributed by atoms with Gasteiger partial charge < -0.3 is 4.90 Å². The molecule has 0 aromatic carbocycles. The monoisotopic (exact) mass is 174 g/mol. The lowest BCUT2D eigenvalue weighted by Gasteiger charge is -2.13. The first-order valence-corrected chi connectivity index (χ1v) is 3.78. The second-order valence-corrected chi connectivity index (χ2v) is 2.75. The van der Waals surface area contributed by atoms with Gasteiger partial charge >= 0.3 is 0 Å². The summed E-state index contributed by atoms with van der Waals surface area (Å²) in [5.74, 6) is 0.247. The van der Waals surface area contributed by atoms with E-state index in [-0.39, 0.29) is 5.84 Å². The van der Waals surface area contributed by atoms with Crippen LogP contribution in [0.4, 0.5) is 0 Å². The second kappa shape index (κ2) is 3.68. The van der Waals surface area contributed by atoms with Gasteiger partial charge in [0, 0.05) is 20.3 Å². The van der Waals surface area contributed by atoms with E-state index in [2.05, 4.69) is 4.98 Å². The molecule has 1 aromatic rings. The fourth-order valence-electron chi connectivity index (χ4n) is 0.896. The molecule has 4 heteroatoms. The molecule has 1 N–H and O–H groups in total. The average molecular weight is 174 g/mol. The van der Waals surface area contributed by atoms with Gasteiger partial charge in [0.15, 0.2) is 0 Å². The van der Waals surface area contributed by atoms with Gasteiger partial charge in [-0.1, -0.05) is 0 Å². The number of hydrogen-bond donors (Lipinski definition) is 1. The molecule has 1 aromatic heterocycles. The Morgan fingerprint density at radius 3 is 2.85 bits per heavy atom. The lowest BCUT2D eigenvalue weighted by Crippen LogP contribution is -2.23. The highest BCUT2D eigenvalue weighted by molar-refractivity contribution is 5.96. The first-order valence-electron chi connectivity index (χ1n) is 3.78. The molecule has 0 saturated heterocycles. The summed E-state index contributed by atoms with van der Waals surface area (Å²) in [5.41, 5.74) is 0.858. The molecular weight excluding hydrogens is 164 g/mol. The molecule has 0 atom stereocenters. The molecule has 0 aliphatic rings. The predicted molar refractivity (Wildman–Crippen MR) is 49.5 cm³/mol. The third-order valence-corrected chi connectivity index (χ3v) is 1.60. The van der Waals surface area contributed by atoms with Gasteiger partial charge in [-0.25, -0.2) is 0 Å². The van der Waals surface area contributed by atoms with Crippen LogP contribution in [0.5, 0.6) is 0 Å². The van der Waals surface area contributed by atoms with E-state index in [1.807, 2.05) is 6.07 Å². The number of hydrogen-bond acceptors (Lipinski definition) is 3. The minimum absolute atomic E-state index is 0.247. The molecule has 0 radical (unpaired) electrons. The number of pyridine rings is 1. The van der Waals surface area contributed by atoms with Crippen LogP contribution < -0.4 is 0 Å². The number of nitriles is 1. The van der Waals surface area contributed by atoms with Gasteiger partial charge in [-0.3, -0.25) is 10.4 Å². The zero-order valence-corrected chi connectivity index (χ0v) is 7.57. The van der Waals surface area contributed by atoms with Crippen molar-refractivity contribution in [2.75, 3.05) is 14.1 Å². The normalized spacial score (nSPS) is 9.00. The number of nitrogens with one attached hydrogen (secondary N) is 1. The Bertz CT molecular complexity index is 362. The van der Waals surface area contributed by atoms with Gasteiger partial charge in [0.25, 0.3) is 0 Å².